The number of nitrogens with one attached hydrogen (secondary N) is 2. The molecule has 0 amide bonds. The van der Waals surface area contributed by atoms with Gasteiger partial charge in [0.15, 0.2) is 5.96 Å². The van der Waals surface area contributed by atoms with Gasteiger partial charge >= 0.3 is 0 Å². The zero-order valence-electron chi connectivity index (χ0n) is 16.3. The monoisotopic (exact) mass is 354 g/mol. The summed E-state index contributed by atoms with van der Waals surface area (Å²) >= 11 is 0. The van der Waals surface area contributed by atoms with Crippen molar-refractivity contribution in [1.82, 2.24) is 15.5 Å². The molecular formula is C19H38N4O2. The van der Waals surface area contributed by atoms with Gasteiger partial charge in [0, 0.05) is 33.4 Å². The topological polar surface area (TPSA) is 58.1 Å². The van der Waals surface area contributed by atoms with Gasteiger partial charge in [0.2, 0.25) is 0 Å². The predicted molar refractivity (Wildman–Crippen MR) is 103 cm³/mol. The first-order chi connectivity index (χ1) is 12.3. The molecule has 2 heterocycles. The molecule has 25 heavy (non-hydrogen) atoms. The molecule has 1 unspecified atom stereocenters. The van der Waals surface area contributed by atoms with Gasteiger partial charge in [-0.3, -0.25) is 4.99 Å². The highest BCUT2D eigenvalue weighted by molar-refractivity contribution is 5.79. The van der Waals surface area contributed by atoms with Crippen LogP contribution in [0.15, 0.2) is 4.99 Å². The maximum Gasteiger partial charge on any atom is 0.190 e. The van der Waals surface area contributed by atoms with Crippen LogP contribution in [-0.4, -0.2) is 76.6 Å². The first kappa shape index (κ1) is 20.5. The minimum absolute atomic E-state index is 0.326. The van der Waals surface area contributed by atoms with Crippen molar-refractivity contribution in [1.29, 1.82) is 0 Å². The molecule has 2 saturated heterocycles. The molecule has 6 nitrogen and oxygen atoms in total. The number of piperidine rings is 1. The quantitative estimate of drug-likeness (QED) is 0.356. The van der Waals surface area contributed by atoms with E-state index in [0.29, 0.717) is 6.10 Å². The Morgan fingerprint density at radius 1 is 1.20 bits per heavy atom. The van der Waals surface area contributed by atoms with E-state index in [-0.39, 0.29) is 0 Å². The fourth-order valence-corrected chi connectivity index (χ4v) is 3.58. The Morgan fingerprint density at radius 3 is 2.68 bits per heavy atom. The minimum atomic E-state index is 0.326. The highest BCUT2D eigenvalue weighted by atomic mass is 16.5. The van der Waals surface area contributed by atoms with Crippen LogP contribution in [-0.2, 0) is 9.47 Å². The van der Waals surface area contributed by atoms with Crippen molar-refractivity contribution in [2.45, 2.75) is 51.6 Å². The molecule has 0 aromatic rings. The van der Waals surface area contributed by atoms with Crippen LogP contribution in [0.5, 0.6) is 0 Å². The lowest BCUT2D eigenvalue weighted by molar-refractivity contribution is 0.0168. The van der Waals surface area contributed by atoms with E-state index < -0.39 is 0 Å². The number of guanidine groups is 1. The van der Waals surface area contributed by atoms with Crippen LogP contribution in [0.1, 0.15) is 45.4 Å². The van der Waals surface area contributed by atoms with Crippen molar-refractivity contribution in [3.05, 3.63) is 0 Å². The third kappa shape index (κ3) is 8.38. The van der Waals surface area contributed by atoms with Crippen molar-refractivity contribution in [2.24, 2.45) is 10.9 Å². The van der Waals surface area contributed by atoms with Crippen LogP contribution in [0, 0.1) is 5.92 Å². The fraction of sp³-hybridized carbons (Fsp3) is 0.947. The Balaban J connectivity index is 1.44. The predicted octanol–water partition coefficient (Wildman–Crippen LogP) is 1.86. The molecule has 2 rings (SSSR count). The molecule has 6 heteroatoms. The summed E-state index contributed by atoms with van der Waals surface area (Å²) in [5.41, 5.74) is 0. The highest BCUT2D eigenvalue weighted by Gasteiger charge is 2.17. The van der Waals surface area contributed by atoms with E-state index in [0.717, 1.165) is 57.6 Å². The molecule has 2 aliphatic rings. The van der Waals surface area contributed by atoms with Crippen molar-refractivity contribution in [2.75, 3.05) is 59.6 Å². The number of rotatable bonds is 10. The Kier molecular flexibility index (Phi) is 10.2. The van der Waals surface area contributed by atoms with Gasteiger partial charge in [-0.2, -0.15) is 0 Å². The Labute approximate surface area is 153 Å². The molecule has 0 bridgehead atoms. The van der Waals surface area contributed by atoms with E-state index in [9.17, 15) is 0 Å². The van der Waals surface area contributed by atoms with Crippen molar-refractivity contribution in [3.63, 3.8) is 0 Å². The number of likely N-dealkylation sites (tertiary alicyclic amines) is 1. The van der Waals surface area contributed by atoms with Crippen LogP contribution in [0.4, 0.5) is 0 Å². The van der Waals surface area contributed by atoms with Gasteiger partial charge in [-0.1, -0.05) is 6.92 Å². The van der Waals surface area contributed by atoms with Crippen LogP contribution >= 0.6 is 0 Å². The normalized spacial score (nSPS) is 23.1. The lowest BCUT2D eigenvalue weighted by Crippen LogP contribution is -2.40. The number of hydrogen-bond donors (Lipinski definition) is 2. The molecule has 2 fully saturated rings. The second kappa shape index (κ2) is 12.5. The summed E-state index contributed by atoms with van der Waals surface area (Å²) in [7, 11) is 1.84. The molecule has 146 valence electrons. The number of ether oxygens (including phenoxy) is 2. The van der Waals surface area contributed by atoms with Crippen LogP contribution in [0.25, 0.3) is 0 Å². The van der Waals surface area contributed by atoms with E-state index in [1.54, 1.807) is 0 Å². The van der Waals surface area contributed by atoms with Crippen molar-refractivity contribution in [3.8, 4) is 0 Å². The van der Waals surface area contributed by atoms with Crippen LogP contribution < -0.4 is 10.6 Å². The number of nitrogens with zero attached hydrogens (tertiary/aromatic N) is 2. The third-order valence-electron chi connectivity index (χ3n) is 5.31. The number of aliphatic imine (C=N–C) groups is 1. The minimum Gasteiger partial charge on any atom is -0.379 e. The Hall–Kier alpha value is -0.850. The van der Waals surface area contributed by atoms with E-state index in [2.05, 4.69) is 27.4 Å². The standard InChI is InChI=1S/C19H38N4O2/c1-3-23-12-8-17(9-13-23)7-11-22-19(20-2)21-10-5-14-24-16-18-6-4-15-25-18/h17-18H,3-16H2,1-2H3,(H2,20,21,22). The second-order valence-corrected chi connectivity index (χ2v) is 7.16. The summed E-state index contributed by atoms with van der Waals surface area (Å²) in [4.78, 5) is 6.85. The zero-order chi connectivity index (χ0) is 17.7. The fourth-order valence-electron chi connectivity index (χ4n) is 3.58. The van der Waals surface area contributed by atoms with Gasteiger partial charge in [-0.25, -0.2) is 0 Å². The SMILES string of the molecule is CCN1CCC(CCNC(=NC)NCCCOCC2CCCO2)CC1. The molecular weight excluding hydrogens is 316 g/mol. The summed E-state index contributed by atoms with van der Waals surface area (Å²) in [6, 6.07) is 0. The molecule has 0 aliphatic carbocycles. The summed E-state index contributed by atoms with van der Waals surface area (Å²) in [5, 5.41) is 6.81. The van der Waals surface area contributed by atoms with E-state index in [1.165, 1.54) is 45.3 Å². The van der Waals surface area contributed by atoms with Gasteiger partial charge < -0.3 is 25.0 Å². The summed E-state index contributed by atoms with van der Waals surface area (Å²) in [5.74, 6) is 1.77. The third-order valence-corrected chi connectivity index (χ3v) is 5.31. The van der Waals surface area contributed by atoms with E-state index in [1.807, 2.05) is 7.05 Å². The smallest absolute Gasteiger partial charge is 0.190 e. The van der Waals surface area contributed by atoms with Crippen LogP contribution in [0.2, 0.25) is 0 Å². The molecule has 2 N–H and O–H groups in total. The van der Waals surface area contributed by atoms with E-state index >= 15 is 0 Å². The van der Waals surface area contributed by atoms with Gasteiger partial charge in [-0.15, -0.1) is 0 Å². The lowest BCUT2D eigenvalue weighted by Gasteiger charge is -2.31. The lowest BCUT2D eigenvalue weighted by atomic mass is 9.93. The van der Waals surface area contributed by atoms with Crippen molar-refractivity contribution < 1.29 is 9.47 Å². The summed E-state index contributed by atoms with van der Waals surface area (Å²) in [6.07, 6.45) is 7.55. The summed E-state index contributed by atoms with van der Waals surface area (Å²) < 4.78 is 11.2. The molecule has 2 aliphatic heterocycles. The van der Waals surface area contributed by atoms with Gasteiger partial charge in [0.1, 0.15) is 0 Å². The highest BCUT2D eigenvalue weighted by Crippen LogP contribution is 2.19. The molecule has 0 radical (unpaired) electrons. The van der Waals surface area contributed by atoms with Crippen molar-refractivity contribution >= 4 is 5.96 Å². The molecule has 0 spiro atoms. The van der Waals surface area contributed by atoms with Crippen LogP contribution in [0.3, 0.4) is 0 Å². The average molecular weight is 355 g/mol. The molecule has 0 aromatic heterocycles. The molecule has 0 saturated carbocycles. The second-order valence-electron chi connectivity index (χ2n) is 7.16. The Bertz CT molecular complexity index is 364. The Morgan fingerprint density at radius 2 is 2.00 bits per heavy atom. The largest absolute Gasteiger partial charge is 0.379 e. The molecule has 0 aromatic carbocycles. The van der Waals surface area contributed by atoms with Gasteiger partial charge in [0.25, 0.3) is 0 Å². The maximum atomic E-state index is 5.68. The first-order valence-corrected chi connectivity index (χ1v) is 10.2. The maximum absolute atomic E-state index is 5.68. The molecule has 1 atom stereocenters. The van der Waals surface area contributed by atoms with Gasteiger partial charge in [-0.05, 0) is 64.1 Å². The van der Waals surface area contributed by atoms with E-state index in [4.69, 9.17) is 9.47 Å². The first-order valence-electron chi connectivity index (χ1n) is 10.2. The number of hydrogen-bond acceptors (Lipinski definition) is 4. The zero-order valence-corrected chi connectivity index (χ0v) is 16.3. The van der Waals surface area contributed by atoms with Gasteiger partial charge in [0.05, 0.1) is 12.7 Å². The average Bonchev–Trinajstić information content (AvgIpc) is 3.17. The summed E-state index contributed by atoms with van der Waals surface area (Å²) in [6.45, 7) is 10.3.